The molecule has 134 valence electrons. The monoisotopic (exact) mass is 350 g/mol. The fourth-order valence-electron chi connectivity index (χ4n) is 4.87. The fourth-order valence-corrected chi connectivity index (χ4v) is 4.87. The van der Waals surface area contributed by atoms with Crippen molar-refractivity contribution in [1.29, 1.82) is 0 Å². The van der Waals surface area contributed by atoms with Crippen LogP contribution >= 0.6 is 0 Å². The molecule has 0 saturated heterocycles. The Bertz CT molecular complexity index is 1150. The number of fused-ring (bicyclic) bond motifs is 4. The molecule has 0 saturated carbocycles. The normalized spacial score (nSPS) is 22.9. The molecule has 0 aromatic heterocycles. The molecule has 0 N–H and O–H groups in total. The first-order valence-corrected chi connectivity index (χ1v) is 10.1. The van der Waals surface area contributed by atoms with Crippen LogP contribution in [0, 0.1) is 12.8 Å². The zero-order valence-corrected chi connectivity index (χ0v) is 16.4. The molecule has 2 aromatic rings. The van der Waals surface area contributed by atoms with Crippen LogP contribution in [0.2, 0.25) is 0 Å². The van der Waals surface area contributed by atoms with Crippen LogP contribution < -0.4 is 10.4 Å². The number of aryl methyl sites for hydroxylation is 1. The van der Waals surface area contributed by atoms with Crippen LogP contribution in [0.4, 0.5) is 0 Å². The molecule has 0 radical (unpaired) electrons. The molecule has 0 fully saturated rings. The minimum absolute atomic E-state index is 0.509. The Labute approximate surface area is 161 Å². The summed E-state index contributed by atoms with van der Waals surface area (Å²) in [4.78, 5) is 0. The van der Waals surface area contributed by atoms with Gasteiger partial charge in [0.2, 0.25) is 0 Å². The lowest BCUT2D eigenvalue weighted by atomic mass is 9.77. The minimum atomic E-state index is 0.509. The Morgan fingerprint density at radius 2 is 1.81 bits per heavy atom. The summed E-state index contributed by atoms with van der Waals surface area (Å²) in [6.07, 6.45) is 14.3. The SMILES string of the molecule is CC1=Cc2ccc3c(c2=CC1C)=CCC1=C3C=C[C@@H](c2ccccc2C)C1. The van der Waals surface area contributed by atoms with E-state index in [0.29, 0.717) is 11.8 Å². The van der Waals surface area contributed by atoms with Crippen LogP contribution in [0.25, 0.3) is 23.8 Å². The van der Waals surface area contributed by atoms with E-state index in [1.165, 1.54) is 43.8 Å². The molecule has 0 bridgehead atoms. The van der Waals surface area contributed by atoms with E-state index in [4.69, 9.17) is 0 Å². The zero-order chi connectivity index (χ0) is 18.5. The summed E-state index contributed by atoms with van der Waals surface area (Å²) in [5.74, 6) is 1.04. The quantitative estimate of drug-likeness (QED) is 0.636. The molecular formula is C27H26. The van der Waals surface area contributed by atoms with Crippen molar-refractivity contribution in [1.82, 2.24) is 0 Å². The van der Waals surface area contributed by atoms with Crippen molar-refractivity contribution in [2.75, 3.05) is 0 Å². The van der Waals surface area contributed by atoms with Crippen LogP contribution in [-0.2, 0) is 0 Å². The lowest BCUT2D eigenvalue weighted by Gasteiger charge is -2.27. The van der Waals surface area contributed by atoms with E-state index < -0.39 is 0 Å². The topological polar surface area (TPSA) is 0 Å². The van der Waals surface area contributed by atoms with Crippen molar-refractivity contribution in [3.8, 4) is 0 Å². The number of hydrogen-bond donors (Lipinski definition) is 0. The van der Waals surface area contributed by atoms with Gasteiger partial charge in [-0.2, -0.15) is 0 Å². The molecule has 0 spiro atoms. The second-order valence-corrected chi connectivity index (χ2v) is 8.33. The van der Waals surface area contributed by atoms with E-state index in [2.05, 4.69) is 87.5 Å². The average molecular weight is 351 g/mol. The summed E-state index contributed by atoms with van der Waals surface area (Å²) >= 11 is 0. The molecule has 27 heavy (non-hydrogen) atoms. The third kappa shape index (κ3) is 2.67. The van der Waals surface area contributed by atoms with Gasteiger partial charge in [-0.25, -0.2) is 0 Å². The Morgan fingerprint density at radius 3 is 2.67 bits per heavy atom. The molecule has 0 nitrogen and oxygen atoms in total. The molecule has 0 amide bonds. The van der Waals surface area contributed by atoms with E-state index in [-0.39, 0.29) is 0 Å². The number of benzene rings is 2. The number of rotatable bonds is 1. The Hall–Kier alpha value is -2.60. The Balaban J connectivity index is 1.58. The van der Waals surface area contributed by atoms with E-state index in [1.54, 1.807) is 5.57 Å². The van der Waals surface area contributed by atoms with Gasteiger partial charge in [0.05, 0.1) is 0 Å². The highest BCUT2D eigenvalue weighted by atomic mass is 14.3. The second-order valence-electron chi connectivity index (χ2n) is 8.33. The molecule has 2 atom stereocenters. The van der Waals surface area contributed by atoms with Gasteiger partial charge in [-0.05, 0) is 70.9 Å². The lowest BCUT2D eigenvalue weighted by Crippen LogP contribution is -2.34. The van der Waals surface area contributed by atoms with Crippen LogP contribution in [-0.4, -0.2) is 0 Å². The predicted molar refractivity (Wildman–Crippen MR) is 117 cm³/mol. The predicted octanol–water partition coefficient (Wildman–Crippen LogP) is 5.51. The van der Waals surface area contributed by atoms with Crippen LogP contribution in [0.5, 0.6) is 0 Å². The first kappa shape index (κ1) is 16.6. The van der Waals surface area contributed by atoms with Gasteiger partial charge < -0.3 is 0 Å². The molecule has 0 heterocycles. The molecule has 5 rings (SSSR count). The minimum Gasteiger partial charge on any atom is -0.0761 e. The third-order valence-corrected chi connectivity index (χ3v) is 6.61. The molecule has 0 heteroatoms. The van der Waals surface area contributed by atoms with E-state index >= 15 is 0 Å². The Morgan fingerprint density at radius 1 is 0.963 bits per heavy atom. The highest BCUT2D eigenvalue weighted by molar-refractivity contribution is 5.83. The average Bonchev–Trinajstić information content (AvgIpc) is 2.68. The molecule has 0 aliphatic heterocycles. The summed E-state index contributed by atoms with van der Waals surface area (Å²) in [6.45, 7) is 6.77. The molecule has 1 unspecified atom stereocenters. The van der Waals surface area contributed by atoms with Gasteiger partial charge in [-0.3, -0.25) is 0 Å². The van der Waals surface area contributed by atoms with E-state index in [1.807, 2.05) is 0 Å². The standard InChI is InChI=1S/C27H26/c1-17-6-4-5-7-23(17)21-8-11-24-22(16-21)10-13-26-25(24)12-9-20-14-18(2)19(3)15-27(20)26/h4-9,11-15,19,21H,10,16H2,1-3H3/t19?,21-/m1/s1. The second kappa shape index (κ2) is 6.23. The summed E-state index contributed by atoms with van der Waals surface area (Å²) in [6, 6.07) is 13.5. The summed E-state index contributed by atoms with van der Waals surface area (Å²) in [5, 5.41) is 2.88. The Kier molecular flexibility index (Phi) is 3.82. The zero-order valence-electron chi connectivity index (χ0n) is 16.4. The first-order chi connectivity index (χ1) is 13.1. The number of allylic oxidation sites excluding steroid dienone is 5. The van der Waals surface area contributed by atoms with Crippen molar-refractivity contribution >= 4 is 23.8 Å². The van der Waals surface area contributed by atoms with Crippen LogP contribution in [0.1, 0.15) is 54.9 Å². The molecule has 2 aromatic carbocycles. The maximum Gasteiger partial charge on any atom is 0.00615 e. The largest absolute Gasteiger partial charge is 0.0761 e. The van der Waals surface area contributed by atoms with Gasteiger partial charge in [0.25, 0.3) is 0 Å². The van der Waals surface area contributed by atoms with Gasteiger partial charge in [0.15, 0.2) is 0 Å². The van der Waals surface area contributed by atoms with Gasteiger partial charge in [-0.1, -0.05) is 84.8 Å². The maximum atomic E-state index is 2.47. The van der Waals surface area contributed by atoms with Crippen LogP contribution in [0.3, 0.4) is 0 Å². The highest BCUT2D eigenvalue weighted by Crippen LogP contribution is 2.38. The van der Waals surface area contributed by atoms with Crippen molar-refractivity contribution in [2.45, 2.75) is 39.5 Å². The molecular weight excluding hydrogens is 324 g/mol. The highest BCUT2D eigenvalue weighted by Gasteiger charge is 2.23. The van der Waals surface area contributed by atoms with Gasteiger partial charge in [0.1, 0.15) is 0 Å². The van der Waals surface area contributed by atoms with Crippen molar-refractivity contribution in [3.05, 3.63) is 92.4 Å². The van der Waals surface area contributed by atoms with Gasteiger partial charge in [0, 0.05) is 5.92 Å². The number of hydrogen-bond acceptors (Lipinski definition) is 0. The van der Waals surface area contributed by atoms with Crippen molar-refractivity contribution < 1.29 is 0 Å². The first-order valence-electron chi connectivity index (χ1n) is 10.1. The summed E-state index contributed by atoms with van der Waals surface area (Å²) < 4.78 is 0. The van der Waals surface area contributed by atoms with Gasteiger partial charge >= 0.3 is 0 Å². The third-order valence-electron chi connectivity index (χ3n) is 6.61. The lowest BCUT2D eigenvalue weighted by molar-refractivity contribution is 0.796. The molecule has 3 aliphatic rings. The van der Waals surface area contributed by atoms with Crippen LogP contribution in [0.15, 0.2) is 59.7 Å². The van der Waals surface area contributed by atoms with Crippen molar-refractivity contribution in [2.24, 2.45) is 5.92 Å². The van der Waals surface area contributed by atoms with Gasteiger partial charge in [-0.15, -0.1) is 0 Å². The van der Waals surface area contributed by atoms with E-state index in [9.17, 15) is 0 Å². The van der Waals surface area contributed by atoms with E-state index in [0.717, 1.165) is 12.8 Å². The maximum absolute atomic E-state index is 2.47. The smallest absolute Gasteiger partial charge is 0.00615 e. The van der Waals surface area contributed by atoms with Crippen molar-refractivity contribution in [3.63, 3.8) is 0 Å². The molecule has 3 aliphatic carbocycles. The summed E-state index contributed by atoms with van der Waals surface area (Å²) in [5.41, 5.74) is 10.2. The fraction of sp³-hybridized carbons (Fsp3) is 0.259. The summed E-state index contributed by atoms with van der Waals surface area (Å²) in [7, 11) is 0.